The lowest BCUT2D eigenvalue weighted by atomic mass is 10.2. The largest absolute Gasteiger partial charge is 0.474 e. The monoisotopic (exact) mass is 244 g/mol. The van der Waals surface area contributed by atoms with Crippen molar-refractivity contribution in [1.29, 1.82) is 0 Å². The Morgan fingerprint density at radius 2 is 2.56 bits per heavy atom. The molecule has 1 aromatic heterocycles. The molecular weight excluding hydrogens is 232 g/mol. The summed E-state index contributed by atoms with van der Waals surface area (Å²) in [6.07, 6.45) is 3.64. The first kappa shape index (κ1) is 11.4. The van der Waals surface area contributed by atoms with Gasteiger partial charge in [-0.2, -0.15) is 4.98 Å². The summed E-state index contributed by atoms with van der Waals surface area (Å²) in [6, 6.07) is 0. The number of hydrogen-bond acceptors (Lipinski definition) is 6. The van der Waals surface area contributed by atoms with E-state index < -0.39 is 0 Å². The van der Waals surface area contributed by atoms with Crippen LogP contribution in [0.2, 0.25) is 5.02 Å². The topological polar surface area (TPSA) is 82.3 Å². The van der Waals surface area contributed by atoms with Crippen molar-refractivity contribution in [2.24, 2.45) is 5.84 Å². The third-order valence-corrected chi connectivity index (χ3v) is 2.53. The first-order chi connectivity index (χ1) is 7.79. The summed E-state index contributed by atoms with van der Waals surface area (Å²) in [5.74, 6) is 5.78. The van der Waals surface area contributed by atoms with Gasteiger partial charge in [-0.1, -0.05) is 11.6 Å². The van der Waals surface area contributed by atoms with Crippen molar-refractivity contribution in [2.75, 3.05) is 18.6 Å². The molecule has 1 aliphatic rings. The predicted octanol–water partition coefficient (Wildman–Crippen LogP) is 0.973. The van der Waals surface area contributed by atoms with Crippen LogP contribution in [0.5, 0.6) is 5.88 Å². The number of halogens is 1. The number of hydrogen-bond donors (Lipinski definition) is 2. The Morgan fingerprint density at radius 3 is 3.25 bits per heavy atom. The van der Waals surface area contributed by atoms with Crippen LogP contribution in [0.1, 0.15) is 12.8 Å². The van der Waals surface area contributed by atoms with Crippen LogP contribution in [0, 0.1) is 0 Å². The number of rotatable bonds is 4. The Labute approximate surface area is 98.1 Å². The fourth-order valence-corrected chi connectivity index (χ4v) is 1.62. The molecule has 3 N–H and O–H groups in total. The second-order valence-electron chi connectivity index (χ2n) is 3.44. The number of anilines is 1. The van der Waals surface area contributed by atoms with E-state index in [0.717, 1.165) is 19.4 Å². The first-order valence-corrected chi connectivity index (χ1v) is 5.41. The quantitative estimate of drug-likeness (QED) is 0.607. The second kappa shape index (κ2) is 5.29. The number of nitrogens with one attached hydrogen (secondary N) is 1. The van der Waals surface area contributed by atoms with E-state index in [1.54, 1.807) is 0 Å². The maximum Gasteiger partial charge on any atom is 0.240 e. The van der Waals surface area contributed by atoms with Gasteiger partial charge in [0.15, 0.2) is 0 Å². The average Bonchev–Trinajstić information content (AvgIpc) is 2.81. The van der Waals surface area contributed by atoms with Crippen molar-refractivity contribution in [3.63, 3.8) is 0 Å². The van der Waals surface area contributed by atoms with E-state index in [9.17, 15) is 0 Å². The standard InChI is InChI=1S/C9H13ClN4O2/c10-7-4-12-9(14-11)13-8(7)16-5-6-2-1-3-15-6/h4,6H,1-3,5,11H2,(H,12,13,14). The molecule has 0 saturated carbocycles. The average molecular weight is 245 g/mol. The number of ether oxygens (including phenoxy) is 2. The zero-order chi connectivity index (χ0) is 11.4. The van der Waals surface area contributed by atoms with E-state index in [4.69, 9.17) is 26.9 Å². The number of aromatic nitrogens is 2. The van der Waals surface area contributed by atoms with Crippen molar-refractivity contribution in [1.82, 2.24) is 9.97 Å². The van der Waals surface area contributed by atoms with Gasteiger partial charge in [0.2, 0.25) is 11.8 Å². The van der Waals surface area contributed by atoms with Crippen molar-refractivity contribution in [3.8, 4) is 5.88 Å². The van der Waals surface area contributed by atoms with E-state index >= 15 is 0 Å². The Bertz CT molecular complexity index is 357. The molecule has 6 nitrogen and oxygen atoms in total. The van der Waals surface area contributed by atoms with Gasteiger partial charge >= 0.3 is 0 Å². The number of nitrogens with zero attached hydrogens (tertiary/aromatic N) is 2. The van der Waals surface area contributed by atoms with Crippen LogP contribution in [0.25, 0.3) is 0 Å². The molecular formula is C9H13ClN4O2. The highest BCUT2D eigenvalue weighted by Gasteiger charge is 2.17. The van der Waals surface area contributed by atoms with E-state index in [1.807, 2.05) is 0 Å². The van der Waals surface area contributed by atoms with Gasteiger partial charge in [-0.25, -0.2) is 10.8 Å². The summed E-state index contributed by atoms with van der Waals surface area (Å²) >= 11 is 5.88. The molecule has 16 heavy (non-hydrogen) atoms. The third kappa shape index (κ3) is 2.72. The van der Waals surface area contributed by atoms with Crippen LogP contribution in [0.4, 0.5) is 5.95 Å². The molecule has 1 saturated heterocycles. The van der Waals surface area contributed by atoms with Crippen LogP contribution in [0.3, 0.4) is 0 Å². The Morgan fingerprint density at radius 1 is 1.69 bits per heavy atom. The fourth-order valence-electron chi connectivity index (χ4n) is 1.47. The highest BCUT2D eigenvalue weighted by molar-refractivity contribution is 6.31. The van der Waals surface area contributed by atoms with Crippen LogP contribution >= 0.6 is 11.6 Å². The Kier molecular flexibility index (Phi) is 3.76. The van der Waals surface area contributed by atoms with E-state index in [2.05, 4.69) is 15.4 Å². The molecule has 1 fully saturated rings. The molecule has 0 spiro atoms. The zero-order valence-corrected chi connectivity index (χ0v) is 9.41. The summed E-state index contributed by atoms with van der Waals surface area (Å²) in [7, 11) is 0. The number of hydrazine groups is 1. The zero-order valence-electron chi connectivity index (χ0n) is 8.65. The lowest BCUT2D eigenvalue weighted by molar-refractivity contribution is 0.0664. The molecule has 1 atom stereocenters. The van der Waals surface area contributed by atoms with Gasteiger partial charge in [0.25, 0.3) is 0 Å². The third-order valence-electron chi connectivity index (χ3n) is 2.27. The lowest BCUT2D eigenvalue weighted by Crippen LogP contribution is -2.18. The molecule has 0 bridgehead atoms. The van der Waals surface area contributed by atoms with Gasteiger partial charge in [-0.15, -0.1) is 0 Å². The molecule has 1 aliphatic heterocycles. The fraction of sp³-hybridized carbons (Fsp3) is 0.556. The van der Waals surface area contributed by atoms with Crippen molar-refractivity contribution < 1.29 is 9.47 Å². The van der Waals surface area contributed by atoms with Gasteiger partial charge in [0.05, 0.1) is 12.3 Å². The van der Waals surface area contributed by atoms with Gasteiger partial charge in [0.1, 0.15) is 11.6 Å². The maximum atomic E-state index is 5.88. The summed E-state index contributed by atoms with van der Waals surface area (Å²) < 4.78 is 10.9. The minimum atomic E-state index is 0.125. The van der Waals surface area contributed by atoms with Crippen LogP contribution < -0.4 is 16.0 Å². The van der Waals surface area contributed by atoms with Crippen LogP contribution in [0.15, 0.2) is 6.20 Å². The summed E-state index contributed by atoms with van der Waals surface area (Å²) in [5, 5.41) is 0.358. The minimum Gasteiger partial charge on any atom is -0.474 e. The Balaban J connectivity index is 1.96. The summed E-state index contributed by atoms with van der Waals surface area (Å²) in [4.78, 5) is 7.84. The first-order valence-electron chi connectivity index (χ1n) is 5.03. The highest BCUT2D eigenvalue weighted by atomic mass is 35.5. The molecule has 0 aliphatic carbocycles. The summed E-state index contributed by atoms with van der Waals surface area (Å²) in [5.41, 5.74) is 2.33. The van der Waals surface area contributed by atoms with Crippen molar-refractivity contribution in [2.45, 2.75) is 18.9 Å². The molecule has 0 amide bonds. The van der Waals surface area contributed by atoms with E-state index in [-0.39, 0.29) is 12.1 Å². The van der Waals surface area contributed by atoms with Crippen LogP contribution in [-0.2, 0) is 4.74 Å². The van der Waals surface area contributed by atoms with Gasteiger partial charge in [0, 0.05) is 6.61 Å². The normalized spacial score (nSPS) is 19.8. The van der Waals surface area contributed by atoms with Crippen molar-refractivity contribution >= 4 is 17.5 Å². The van der Waals surface area contributed by atoms with Crippen LogP contribution in [-0.4, -0.2) is 29.3 Å². The van der Waals surface area contributed by atoms with Gasteiger partial charge in [-0.3, -0.25) is 5.43 Å². The second-order valence-corrected chi connectivity index (χ2v) is 3.84. The molecule has 1 unspecified atom stereocenters. The predicted molar refractivity (Wildman–Crippen MR) is 59.3 cm³/mol. The molecule has 7 heteroatoms. The van der Waals surface area contributed by atoms with Gasteiger partial charge in [-0.05, 0) is 12.8 Å². The molecule has 0 aromatic carbocycles. The highest BCUT2D eigenvalue weighted by Crippen LogP contribution is 2.22. The summed E-state index contributed by atoms with van der Waals surface area (Å²) in [6.45, 7) is 1.24. The molecule has 0 radical (unpaired) electrons. The molecule has 2 rings (SSSR count). The molecule has 88 valence electrons. The molecule has 2 heterocycles. The van der Waals surface area contributed by atoms with Crippen molar-refractivity contribution in [3.05, 3.63) is 11.2 Å². The van der Waals surface area contributed by atoms with E-state index in [0.29, 0.717) is 17.5 Å². The maximum absolute atomic E-state index is 5.88. The lowest BCUT2D eigenvalue weighted by Gasteiger charge is -2.11. The SMILES string of the molecule is NNc1ncc(Cl)c(OCC2CCCO2)n1. The number of nitrogen functional groups attached to an aromatic ring is 1. The van der Waals surface area contributed by atoms with Gasteiger partial charge < -0.3 is 9.47 Å². The minimum absolute atomic E-state index is 0.125. The number of nitrogens with two attached hydrogens (primary N) is 1. The molecule has 1 aromatic rings. The van der Waals surface area contributed by atoms with E-state index in [1.165, 1.54) is 6.20 Å². The smallest absolute Gasteiger partial charge is 0.240 e. The Hall–Kier alpha value is -1.11.